The lowest BCUT2D eigenvalue weighted by atomic mass is 9.99. The second-order valence-electron chi connectivity index (χ2n) is 5.67. The van der Waals surface area contributed by atoms with Gasteiger partial charge < -0.3 is 4.74 Å². The van der Waals surface area contributed by atoms with E-state index in [-0.39, 0.29) is 11.9 Å². The first-order chi connectivity index (χ1) is 11.7. The Kier molecular flexibility index (Phi) is 4.75. The lowest BCUT2D eigenvalue weighted by Crippen LogP contribution is -2.42. The first-order valence-corrected chi connectivity index (χ1v) is 7.96. The summed E-state index contributed by atoms with van der Waals surface area (Å²) in [4.78, 5) is 26.4. The van der Waals surface area contributed by atoms with Crippen LogP contribution in [-0.2, 0) is 11.2 Å². The highest BCUT2D eigenvalue weighted by Gasteiger charge is 2.44. The third-order valence-corrected chi connectivity index (χ3v) is 4.05. The Morgan fingerprint density at radius 3 is 2.33 bits per heavy atom. The van der Waals surface area contributed by atoms with E-state index in [2.05, 4.69) is 0 Å². The molecule has 2 atom stereocenters. The van der Waals surface area contributed by atoms with Crippen molar-refractivity contribution >= 4 is 12.0 Å². The molecule has 0 spiro atoms. The molecule has 0 N–H and O–H groups in total. The normalized spacial score (nSPS) is 20.4. The largest absolute Gasteiger partial charge is 0.439 e. The molecule has 2 aromatic rings. The van der Waals surface area contributed by atoms with E-state index in [0.29, 0.717) is 12.0 Å². The molecule has 0 saturated carbocycles. The molecule has 1 aliphatic heterocycles. The molecule has 122 valence electrons. The van der Waals surface area contributed by atoms with Gasteiger partial charge >= 0.3 is 6.09 Å². The summed E-state index contributed by atoms with van der Waals surface area (Å²) in [7, 11) is 0. The Morgan fingerprint density at radius 1 is 1.08 bits per heavy atom. The highest BCUT2D eigenvalue weighted by atomic mass is 16.6. The van der Waals surface area contributed by atoms with Crippen molar-refractivity contribution in [3.8, 4) is 0 Å². The van der Waals surface area contributed by atoms with Crippen molar-refractivity contribution in [1.82, 2.24) is 4.90 Å². The summed E-state index contributed by atoms with van der Waals surface area (Å²) in [5, 5.41) is 0. The molecule has 0 aromatic heterocycles. The first-order valence-electron chi connectivity index (χ1n) is 7.96. The van der Waals surface area contributed by atoms with Gasteiger partial charge in [0.1, 0.15) is 6.10 Å². The predicted molar refractivity (Wildman–Crippen MR) is 91.6 cm³/mol. The van der Waals surface area contributed by atoms with Crippen LogP contribution in [0.25, 0.3) is 0 Å². The maximum atomic E-state index is 12.8. The van der Waals surface area contributed by atoms with E-state index in [1.54, 1.807) is 24.3 Å². The summed E-state index contributed by atoms with van der Waals surface area (Å²) in [6, 6.07) is 18.3. The summed E-state index contributed by atoms with van der Waals surface area (Å²) in [6.07, 6.45) is 3.19. The minimum atomic E-state index is -0.590. The molecule has 3 rings (SSSR count). The summed E-state index contributed by atoms with van der Waals surface area (Å²) >= 11 is 0. The molecule has 4 heteroatoms. The summed E-state index contributed by atoms with van der Waals surface area (Å²) < 4.78 is 5.42. The van der Waals surface area contributed by atoms with E-state index < -0.39 is 12.2 Å². The highest BCUT2D eigenvalue weighted by Crippen LogP contribution is 2.26. The molecule has 24 heavy (non-hydrogen) atoms. The Balaban J connectivity index is 1.92. The zero-order valence-electron chi connectivity index (χ0n) is 13.5. The van der Waals surface area contributed by atoms with Crippen LogP contribution in [0.3, 0.4) is 0 Å². The van der Waals surface area contributed by atoms with Crippen LogP contribution in [0.5, 0.6) is 0 Å². The van der Waals surface area contributed by atoms with E-state index in [0.717, 1.165) is 5.56 Å². The second kappa shape index (κ2) is 7.13. The maximum absolute atomic E-state index is 12.8. The Labute approximate surface area is 141 Å². The zero-order chi connectivity index (χ0) is 16.9. The maximum Gasteiger partial charge on any atom is 0.417 e. The molecule has 0 aliphatic carbocycles. The standard InChI is InChI=1S/C20H19NO3/c1-2-9-18-17(14-15-10-5-3-6-11-15)21(20(23)24-18)19(22)16-12-7-4-8-13-16/h2-13,17-18H,14H2,1H3/b9-2-/t17-,18+/m1/s1. The van der Waals surface area contributed by atoms with Crippen LogP contribution >= 0.6 is 0 Å². The number of cyclic esters (lactones) is 1. The van der Waals surface area contributed by atoms with Crippen molar-refractivity contribution in [2.75, 3.05) is 0 Å². The summed E-state index contributed by atoms with van der Waals surface area (Å²) in [6.45, 7) is 1.87. The van der Waals surface area contributed by atoms with E-state index in [1.165, 1.54) is 4.90 Å². The number of hydrogen-bond acceptors (Lipinski definition) is 3. The topological polar surface area (TPSA) is 46.6 Å². The fraction of sp³-hybridized carbons (Fsp3) is 0.200. The number of imide groups is 1. The van der Waals surface area contributed by atoms with E-state index in [9.17, 15) is 9.59 Å². The number of carbonyl (C=O) groups excluding carboxylic acids is 2. The number of amides is 2. The van der Waals surface area contributed by atoms with Crippen molar-refractivity contribution in [2.45, 2.75) is 25.5 Å². The minimum Gasteiger partial charge on any atom is -0.439 e. The molecule has 0 bridgehead atoms. The van der Waals surface area contributed by atoms with Gasteiger partial charge in [-0.15, -0.1) is 0 Å². The molecule has 0 unspecified atom stereocenters. The monoisotopic (exact) mass is 321 g/mol. The van der Waals surface area contributed by atoms with Gasteiger partial charge in [-0.2, -0.15) is 0 Å². The molecule has 1 heterocycles. The predicted octanol–water partition coefficient (Wildman–Crippen LogP) is 3.84. The molecule has 2 amide bonds. The molecular weight excluding hydrogens is 302 g/mol. The van der Waals surface area contributed by atoms with Crippen molar-refractivity contribution < 1.29 is 14.3 Å². The molecule has 1 aliphatic rings. The first kappa shape index (κ1) is 16.0. The minimum absolute atomic E-state index is 0.325. The van der Waals surface area contributed by atoms with Gasteiger partial charge in [0.15, 0.2) is 0 Å². The van der Waals surface area contributed by atoms with Crippen molar-refractivity contribution in [3.05, 3.63) is 83.9 Å². The molecule has 0 radical (unpaired) electrons. The third kappa shape index (κ3) is 3.23. The SMILES string of the molecule is C/C=C\[C@@H]1OC(=O)N(C(=O)c2ccccc2)[C@@H]1Cc1ccccc1. The van der Waals surface area contributed by atoms with Crippen LogP contribution in [0.4, 0.5) is 4.79 Å². The van der Waals surface area contributed by atoms with Crippen LogP contribution in [0.2, 0.25) is 0 Å². The van der Waals surface area contributed by atoms with E-state index in [4.69, 9.17) is 4.74 Å². The second-order valence-corrected chi connectivity index (χ2v) is 5.67. The van der Waals surface area contributed by atoms with Gasteiger partial charge in [-0.05, 0) is 37.1 Å². The van der Waals surface area contributed by atoms with Gasteiger partial charge in [-0.3, -0.25) is 4.79 Å². The number of benzene rings is 2. The fourth-order valence-electron chi connectivity index (χ4n) is 2.91. The quantitative estimate of drug-likeness (QED) is 0.804. The molecular formula is C20H19NO3. The summed E-state index contributed by atoms with van der Waals surface area (Å²) in [5.41, 5.74) is 1.54. The number of ether oxygens (including phenoxy) is 1. The molecule has 4 nitrogen and oxygen atoms in total. The number of rotatable bonds is 4. The average molecular weight is 321 g/mol. The van der Waals surface area contributed by atoms with Crippen molar-refractivity contribution in [1.29, 1.82) is 0 Å². The summed E-state index contributed by atoms with van der Waals surface area (Å²) in [5.74, 6) is -0.325. The van der Waals surface area contributed by atoms with Crippen LogP contribution < -0.4 is 0 Å². The lowest BCUT2D eigenvalue weighted by molar-refractivity contribution is 0.0774. The van der Waals surface area contributed by atoms with E-state index >= 15 is 0 Å². The average Bonchev–Trinajstić information content (AvgIpc) is 2.91. The number of allylic oxidation sites excluding steroid dienone is 1. The number of carbonyl (C=O) groups is 2. The van der Waals surface area contributed by atoms with Crippen molar-refractivity contribution in [3.63, 3.8) is 0 Å². The van der Waals surface area contributed by atoms with Crippen LogP contribution in [0.15, 0.2) is 72.8 Å². The molecule has 1 fully saturated rings. The number of hydrogen-bond donors (Lipinski definition) is 0. The molecule has 2 aromatic carbocycles. The van der Waals surface area contributed by atoms with Crippen LogP contribution in [-0.4, -0.2) is 29.0 Å². The molecule has 1 saturated heterocycles. The third-order valence-electron chi connectivity index (χ3n) is 4.05. The Hall–Kier alpha value is -2.88. The fourth-order valence-corrected chi connectivity index (χ4v) is 2.91. The smallest absolute Gasteiger partial charge is 0.417 e. The Bertz CT molecular complexity index is 740. The van der Waals surface area contributed by atoms with Crippen LogP contribution in [0.1, 0.15) is 22.8 Å². The van der Waals surface area contributed by atoms with E-state index in [1.807, 2.05) is 55.5 Å². The van der Waals surface area contributed by atoms with Gasteiger partial charge in [0.2, 0.25) is 0 Å². The van der Waals surface area contributed by atoms with Gasteiger partial charge in [0.25, 0.3) is 5.91 Å². The zero-order valence-corrected chi connectivity index (χ0v) is 13.5. The Morgan fingerprint density at radius 2 is 1.71 bits per heavy atom. The van der Waals surface area contributed by atoms with Gasteiger partial charge in [-0.1, -0.05) is 54.6 Å². The van der Waals surface area contributed by atoms with Crippen LogP contribution in [0, 0.1) is 0 Å². The highest BCUT2D eigenvalue weighted by molar-refractivity contribution is 6.04. The lowest BCUT2D eigenvalue weighted by Gasteiger charge is -2.22. The van der Waals surface area contributed by atoms with Gasteiger partial charge in [0.05, 0.1) is 6.04 Å². The van der Waals surface area contributed by atoms with Gasteiger partial charge in [-0.25, -0.2) is 9.69 Å². The van der Waals surface area contributed by atoms with Gasteiger partial charge in [0, 0.05) is 5.56 Å². The number of nitrogens with zero attached hydrogens (tertiary/aromatic N) is 1. The van der Waals surface area contributed by atoms with Crippen molar-refractivity contribution in [2.24, 2.45) is 0 Å².